The SMILES string of the molecule is CC(NC(=NCc1ccc([N+](=O)[O-])cc1)NCCc1ccccn1)C1CCCO1.I. The monoisotopic (exact) mass is 525 g/mol. The molecule has 0 aliphatic carbocycles. The van der Waals surface area contributed by atoms with E-state index in [1.54, 1.807) is 18.3 Å². The number of benzene rings is 1. The molecule has 1 saturated heterocycles. The average Bonchev–Trinajstić information content (AvgIpc) is 3.28. The van der Waals surface area contributed by atoms with Crippen LogP contribution < -0.4 is 10.6 Å². The largest absolute Gasteiger partial charge is 0.376 e. The van der Waals surface area contributed by atoms with Gasteiger partial charge in [0.1, 0.15) is 0 Å². The second-order valence-electron chi connectivity index (χ2n) is 7.07. The summed E-state index contributed by atoms with van der Waals surface area (Å²) in [5.74, 6) is 0.697. The van der Waals surface area contributed by atoms with E-state index in [1.807, 2.05) is 18.2 Å². The molecule has 2 atom stereocenters. The minimum Gasteiger partial charge on any atom is -0.376 e. The van der Waals surface area contributed by atoms with E-state index in [2.05, 4.69) is 27.5 Å². The van der Waals surface area contributed by atoms with Gasteiger partial charge in [-0.3, -0.25) is 15.1 Å². The highest BCUT2D eigenvalue weighted by molar-refractivity contribution is 14.0. The Morgan fingerprint density at radius 2 is 2.13 bits per heavy atom. The molecular formula is C21H28IN5O3. The molecule has 0 spiro atoms. The Balaban J connectivity index is 0.00000320. The van der Waals surface area contributed by atoms with Gasteiger partial charge < -0.3 is 15.4 Å². The smallest absolute Gasteiger partial charge is 0.269 e. The molecule has 8 nitrogen and oxygen atoms in total. The zero-order valence-corrected chi connectivity index (χ0v) is 19.3. The Morgan fingerprint density at radius 3 is 2.77 bits per heavy atom. The molecule has 0 saturated carbocycles. The van der Waals surface area contributed by atoms with E-state index < -0.39 is 4.92 Å². The minimum absolute atomic E-state index is 0. The van der Waals surface area contributed by atoms with E-state index in [-0.39, 0.29) is 41.8 Å². The highest BCUT2D eigenvalue weighted by Crippen LogP contribution is 2.15. The fourth-order valence-electron chi connectivity index (χ4n) is 3.21. The number of pyridine rings is 1. The normalized spacial score (nSPS) is 17.1. The lowest BCUT2D eigenvalue weighted by Crippen LogP contribution is -2.47. The Bertz CT molecular complexity index is 811. The van der Waals surface area contributed by atoms with Gasteiger partial charge in [-0.05, 0) is 37.5 Å². The summed E-state index contributed by atoms with van der Waals surface area (Å²) >= 11 is 0. The molecular weight excluding hydrogens is 497 g/mol. The predicted octanol–water partition coefficient (Wildman–Crippen LogP) is 3.45. The molecule has 0 amide bonds. The molecule has 9 heteroatoms. The second-order valence-corrected chi connectivity index (χ2v) is 7.07. The van der Waals surface area contributed by atoms with Crippen LogP contribution in [0.4, 0.5) is 5.69 Å². The van der Waals surface area contributed by atoms with Gasteiger partial charge in [0.2, 0.25) is 0 Å². The molecule has 3 rings (SSSR count). The van der Waals surface area contributed by atoms with Gasteiger partial charge >= 0.3 is 0 Å². The van der Waals surface area contributed by atoms with Gasteiger partial charge in [-0.2, -0.15) is 0 Å². The number of aromatic nitrogens is 1. The predicted molar refractivity (Wildman–Crippen MR) is 127 cm³/mol. The van der Waals surface area contributed by atoms with Crippen molar-refractivity contribution >= 4 is 35.6 Å². The quantitative estimate of drug-likeness (QED) is 0.180. The van der Waals surface area contributed by atoms with E-state index in [4.69, 9.17) is 4.74 Å². The molecule has 0 radical (unpaired) electrons. The van der Waals surface area contributed by atoms with Gasteiger partial charge in [0, 0.05) is 43.6 Å². The number of non-ortho nitro benzene ring substituents is 1. The van der Waals surface area contributed by atoms with Gasteiger partial charge in [0.05, 0.1) is 23.6 Å². The average molecular weight is 525 g/mol. The van der Waals surface area contributed by atoms with Crippen LogP contribution in [0.3, 0.4) is 0 Å². The fraction of sp³-hybridized carbons (Fsp3) is 0.429. The van der Waals surface area contributed by atoms with Crippen molar-refractivity contribution in [1.29, 1.82) is 0 Å². The molecule has 1 aliphatic heterocycles. The number of halogens is 1. The van der Waals surface area contributed by atoms with Crippen molar-refractivity contribution in [2.75, 3.05) is 13.2 Å². The summed E-state index contributed by atoms with van der Waals surface area (Å²) < 4.78 is 5.77. The summed E-state index contributed by atoms with van der Waals surface area (Å²) in [7, 11) is 0. The van der Waals surface area contributed by atoms with Gasteiger partial charge in [-0.1, -0.05) is 18.2 Å². The van der Waals surface area contributed by atoms with E-state index in [9.17, 15) is 10.1 Å². The Hall–Kier alpha value is -2.27. The highest BCUT2D eigenvalue weighted by Gasteiger charge is 2.23. The van der Waals surface area contributed by atoms with Crippen molar-refractivity contribution < 1.29 is 9.66 Å². The van der Waals surface area contributed by atoms with Crippen LogP contribution in [-0.2, 0) is 17.7 Å². The molecule has 30 heavy (non-hydrogen) atoms. The van der Waals surface area contributed by atoms with Crippen LogP contribution in [0.5, 0.6) is 0 Å². The zero-order chi connectivity index (χ0) is 20.5. The number of nitro benzene ring substituents is 1. The number of hydrogen-bond donors (Lipinski definition) is 2. The van der Waals surface area contributed by atoms with Crippen LogP contribution in [0.1, 0.15) is 31.0 Å². The van der Waals surface area contributed by atoms with Gasteiger partial charge in [-0.15, -0.1) is 24.0 Å². The summed E-state index contributed by atoms with van der Waals surface area (Å²) in [5.41, 5.74) is 2.00. The number of rotatable bonds is 8. The molecule has 2 unspecified atom stereocenters. The first kappa shape index (κ1) is 24.0. The fourth-order valence-corrected chi connectivity index (χ4v) is 3.21. The molecule has 0 bridgehead atoms. The highest BCUT2D eigenvalue weighted by atomic mass is 127. The molecule has 1 aromatic heterocycles. The van der Waals surface area contributed by atoms with Crippen LogP contribution in [0, 0.1) is 10.1 Å². The maximum Gasteiger partial charge on any atom is 0.269 e. The van der Waals surface area contributed by atoms with Crippen molar-refractivity contribution in [2.24, 2.45) is 4.99 Å². The van der Waals surface area contributed by atoms with Crippen LogP contribution >= 0.6 is 24.0 Å². The third-order valence-electron chi connectivity index (χ3n) is 4.85. The Morgan fingerprint density at radius 1 is 1.33 bits per heavy atom. The topological polar surface area (TPSA) is 102 Å². The zero-order valence-electron chi connectivity index (χ0n) is 17.0. The molecule has 1 aliphatic rings. The number of hydrogen-bond acceptors (Lipinski definition) is 5. The van der Waals surface area contributed by atoms with Crippen LogP contribution in [-0.4, -0.2) is 41.2 Å². The second kappa shape index (κ2) is 12.4. The number of nitrogens with zero attached hydrogens (tertiary/aromatic N) is 3. The number of nitrogens with one attached hydrogen (secondary N) is 2. The lowest BCUT2D eigenvalue weighted by Gasteiger charge is -2.23. The number of aliphatic imine (C=N–C) groups is 1. The maximum absolute atomic E-state index is 10.8. The van der Waals surface area contributed by atoms with E-state index >= 15 is 0 Å². The van der Waals surface area contributed by atoms with Crippen molar-refractivity contribution in [3.05, 3.63) is 70.0 Å². The molecule has 2 N–H and O–H groups in total. The molecule has 1 aromatic carbocycles. The lowest BCUT2D eigenvalue weighted by molar-refractivity contribution is -0.384. The number of nitro groups is 1. The maximum atomic E-state index is 10.8. The Labute approximate surface area is 193 Å². The van der Waals surface area contributed by atoms with Crippen LogP contribution in [0.2, 0.25) is 0 Å². The summed E-state index contributed by atoms with van der Waals surface area (Å²) in [6, 6.07) is 12.5. The van der Waals surface area contributed by atoms with Crippen molar-refractivity contribution in [3.63, 3.8) is 0 Å². The van der Waals surface area contributed by atoms with Gasteiger partial charge in [0.25, 0.3) is 5.69 Å². The van der Waals surface area contributed by atoms with Crippen molar-refractivity contribution in [2.45, 2.75) is 44.9 Å². The first-order valence-corrected chi connectivity index (χ1v) is 9.91. The first-order valence-electron chi connectivity index (χ1n) is 9.91. The van der Waals surface area contributed by atoms with Crippen molar-refractivity contribution in [1.82, 2.24) is 15.6 Å². The molecule has 1 fully saturated rings. The standard InChI is InChI=1S/C21H27N5O3.HI/c1-16(20-6-4-14-29-20)25-21(23-13-11-18-5-2-3-12-22-18)24-15-17-7-9-19(10-8-17)26(27)28;/h2-3,5,7-10,12,16,20H,4,6,11,13-15H2,1H3,(H2,23,24,25);1H. The molecule has 2 heterocycles. The summed E-state index contributed by atoms with van der Waals surface area (Å²) in [4.78, 5) is 19.4. The summed E-state index contributed by atoms with van der Waals surface area (Å²) in [6.45, 7) is 4.02. The van der Waals surface area contributed by atoms with Crippen LogP contribution in [0.15, 0.2) is 53.7 Å². The van der Waals surface area contributed by atoms with E-state index in [1.165, 1.54) is 12.1 Å². The molecule has 162 valence electrons. The molecule has 2 aromatic rings. The van der Waals surface area contributed by atoms with Crippen molar-refractivity contribution in [3.8, 4) is 0 Å². The summed E-state index contributed by atoms with van der Waals surface area (Å²) in [6.07, 6.45) is 4.87. The minimum atomic E-state index is -0.400. The first-order chi connectivity index (χ1) is 14.1. The summed E-state index contributed by atoms with van der Waals surface area (Å²) in [5, 5.41) is 17.6. The Kier molecular flexibility index (Phi) is 9.95. The number of ether oxygens (including phenoxy) is 1. The van der Waals surface area contributed by atoms with E-state index in [0.717, 1.165) is 37.1 Å². The third-order valence-corrected chi connectivity index (χ3v) is 4.85. The van der Waals surface area contributed by atoms with E-state index in [0.29, 0.717) is 19.0 Å². The van der Waals surface area contributed by atoms with Gasteiger partial charge in [0.15, 0.2) is 5.96 Å². The number of guanidine groups is 1. The third kappa shape index (κ3) is 7.52. The van der Waals surface area contributed by atoms with Gasteiger partial charge in [-0.25, -0.2) is 4.99 Å². The van der Waals surface area contributed by atoms with Crippen LogP contribution in [0.25, 0.3) is 0 Å². The lowest BCUT2D eigenvalue weighted by atomic mass is 10.1.